The van der Waals surface area contributed by atoms with Gasteiger partial charge in [0.25, 0.3) is 0 Å². The third-order valence-electron chi connectivity index (χ3n) is 3.43. The average molecular weight is 262 g/mol. The minimum Gasteiger partial charge on any atom is -0.494 e. The van der Waals surface area contributed by atoms with Gasteiger partial charge in [0.1, 0.15) is 5.75 Å². The van der Waals surface area contributed by atoms with Gasteiger partial charge in [0, 0.05) is 0 Å². The molecule has 0 aliphatic carbocycles. The van der Waals surface area contributed by atoms with Crippen LogP contribution in [0.1, 0.15) is 38.3 Å². The first-order chi connectivity index (χ1) is 9.20. The summed E-state index contributed by atoms with van der Waals surface area (Å²) in [4.78, 5) is 12.0. The van der Waals surface area contributed by atoms with Crippen molar-refractivity contribution in [2.24, 2.45) is 0 Å². The van der Waals surface area contributed by atoms with Gasteiger partial charge >= 0.3 is 0 Å². The number of hydrogen-bond acceptors (Lipinski definition) is 3. The first-order valence-corrected chi connectivity index (χ1v) is 6.97. The fraction of sp³-hybridized carbons (Fsp3) is 0.533. The molecule has 1 amide bonds. The van der Waals surface area contributed by atoms with E-state index in [9.17, 15) is 4.79 Å². The third-order valence-corrected chi connectivity index (χ3v) is 3.43. The van der Waals surface area contributed by atoms with Gasteiger partial charge in [-0.25, -0.2) is 0 Å². The predicted octanol–water partition coefficient (Wildman–Crippen LogP) is 2.01. The Hall–Kier alpha value is -1.55. The van der Waals surface area contributed by atoms with Gasteiger partial charge in [0.15, 0.2) is 0 Å². The number of carbonyl (C=O) groups is 1. The van der Waals surface area contributed by atoms with Crippen molar-refractivity contribution >= 4 is 5.91 Å². The van der Waals surface area contributed by atoms with Gasteiger partial charge < -0.3 is 15.4 Å². The molecule has 1 saturated heterocycles. The second-order valence-corrected chi connectivity index (χ2v) is 4.88. The maximum atomic E-state index is 12.0. The Kier molecular flexibility index (Phi) is 4.80. The molecule has 4 heteroatoms. The van der Waals surface area contributed by atoms with Crippen molar-refractivity contribution < 1.29 is 9.53 Å². The van der Waals surface area contributed by atoms with Crippen molar-refractivity contribution in [3.63, 3.8) is 0 Å². The molecule has 4 nitrogen and oxygen atoms in total. The van der Waals surface area contributed by atoms with Crippen LogP contribution in [-0.4, -0.2) is 25.1 Å². The highest BCUT2D eigenvalue weighted by molar-refractivity contribution is 5.82. The second-order valence-electron chi connectivity index (χ2n) is 4.88. The normalized spacial score (nSPS) is 20.0. The summed E-state index contributed by atoms with van der Waals surface area (Å²) in [6.07, 6.45) is 2.01. The molecule has 104 valence electrons. The van der Waals surface area contributed by atoms with E-state index in [-0.39, 0.29) is 18.0 Å². The molecule has 1 heterocycles. The summed E-state index contributed by atoms with van der Waals surface area (Å²) in [5.74, 6) is 0.959. The van der Waals surface area contributed by atoms with Crippen LogP contribution in [0, 0.1) is 0 Å². The Morgan fingerprint density at radius 3 is 2.79 bits per heavy atom. The van der Waals surface area contributed by atoms with Gasteiger partial charge in [-0.1, -0.05) is 12.1 Å². The quantitative estimate of drug-likeness (QED) is 0.853. The molecule has 0 radical (unpaired) electrons. The van der Waals surface area contributed by atoms with Crippen molar-refractivity contribution in [1.82, 2.24) is 10.6 Å². The van der Waals surface area contributed by atoms with E-state index in [4.69, 9.17) is 4.74 Å². The predicted molar refractivity (Wildman–Crippen MR) is 75.2 cm³/mol. The molecule has 2 unspecified atom stereocenters. The zero-order valence-corrected chi connectivity index (χ0v) is 11.6. The van der Waals surface area contributed by atoms with Gasteiger partial charge in [-0.15, -0.1) is 0 Å². The molecule has 1 fully saturated rings. The van der Waals surface area contributed by atoms with E-state index in [1.54, 1.807) is 0 Å². The van der Waals surface area contributed by atoms with E-state index in [1.807, 2.05) is 38.1 Å². The van der Waals surface area contributed by atoms with Gasteiger partial charge in [-0.2, -0.15) is 0 Å². The van der Waals surface area contributed by atoms with E-state index in [2.05, 4.69) is 10.6 Å². The molecular weight excluding hydrogens is 240 g/mol. The van der Waals surface area contributed by atoms with Crippen molar-refractivity contribution in [3.8, 4) is 5.75 Å². The molecule has 2 N–H and O–H groups in total. The fourth-order valence-electron chi connectivity index (χ4n) is 2.33. The number of amides is 1. The van der Waals surface area contributed by atoms with Crippen LogP contribution in [-0.2, 0) is 4.79 Å². The Morgan fingerprint density at radius 2 is 2.21 bits per heavy atom. The molecule has 0 spiro atoms. The number of benzene rings is 1. The van der Waals surface area contributed by atoms with Crippen LogP contribution in [0.4, 0.5) is 0 Å². The molecular formula is C15H22N2O2. The molecule has 2 rings (SSSR count). The Morgan fingerprint density at radius 1 is 1.47 bits per heavy atom. The van der Waals surface area contributed by atoms with Gasteiger partial charge in [0.2, 0.25) is 5.91 Å². The Bertz CT molecular complexity index is 411. The van der Waals surface area contributed by atoms with Crippen molar-refractivity contribution in [2.75, 3.05) is 13.2 Å². The summed E-state index contributed by atoms with van der Waals surface area (Å²) < 4.78 is 5.41. The van der Waals surface area contributed by atoms with Crippen molar-refractivity contribution in [2.45, 2.75) is 38.8 Å². The van der Waals surface area contributed by atoms with Crippen molar-refractivity contribution in [1.29, 1.82) is 0 Å². The van der Waals surface area contributed by atoms with E-state index in [1.165, 1.54) is 0 Å². The summed E-state index contributed by atoms with van der Waals surface area (Å²) >= 11 is 0. The van der Waals surface area contributed by atoms with Crippen LogP contribution < -0.4 is 15.4 Å². The third kappa shape index (κ3) is 3.70. The zero-order valence-electron chi connectivity index (χ0n) is 11.6. The molecule has 0 aromatic heterocycles. The van der Waals surface area contributed by atoms with E-state index in [0.717, 1.165) is 30.7 Å². The number of hydrogen-bond donors (Lipinski definition) is 2. The lowest BCUT2D eigenvalue weighted by molar-refractivity contribution is -0.123. The van der Waals surface area contributed by atoms with Crippen molar-refractivity contribution in [3.05, 3.63) is 29.8 Å². The number of rotatable bonds is 5. The molecule has 1 aliphatic rings. The largest absolute Gasteiger partial charge is 0.494 e. The summed E-state index contributed by atoms with van der Waals surface area (Å²) in [5, 5.41) is 6.25. The van der Waals surface area contributed by atoms with Gasteiger partial charge in [-0.3, -0.25) is 4.79 Å². The van der Waals surface area contributed by atoms with Crippen LogP contribution in [0.25, 0.3) is 0 Å². The topological polar surface area (TPSA) is 50.4 Å². The van der Waals surface area contributed by atoms with E-state index < -0.39 is 0 Å². The van der Waals surface area contributed by atoms with Crippen LogP contribution in [0.5, 0.6) is 5.75 Å². The summed E-state index contributed by atoms with van der Waals surface area (Å²) in [7, 11) is 0. The van der Waals surface area contributed by atoms with Crippen LogP contribution in [0.3, 0.4) is 0 Å². The maximum Gasteiger partial charge on any atom is 0.237 e. The first-order valence-electron chi connectivity index (χ1n) is 6.97. The van der Waals surface area contributed by atoms with Crippen LogP contribution in [0.15, 0.2) is 24.3 Å². The molecule has 1 aliphatic heterocycles. The molecule has 1 aromatic rings. The Balaban J connectivity index is 1.91. The minimum absolute atomic E-state index is 0.0191. The molecule has 0 bridgehead atoms. The zero-order chi connectivity index (χ0) is 13.7. The first kappa shape index (κ1) is 13.9. The summed E-state index contributed by atoms with van der Waals surface area (Å²) in [5.41, 5.74) is 1.09. The highest BCUT2D eigenvalue weighted by Crippen LogP contribution is 2.18. The lowest BCUT2D eigenvalue weighted by atomic mass is 10.1. The Labute approximate surface area is 114 Å². The maximum absolute atomic E-state index is 12.0. The van der Waals surface area contributed by atoms with Crippen LogP contribution >= 0.6 is 0 Å². The standard InChI is InChI=1S/C15H22N2O2/c1-3-19-13-8-6-12(7-9-13)11(2)17-15(18)14-5-4-10-16-14/h6-9,11,14,16H,3-5,10H2,1-2H3,(H,17,18). The fourth-order valence-corrected chi connectivity index (χ4v) is 2.33. The molecule has 0 saturated carbocycles. The number of ether oxygens (including phenoxy) is 1. The monoisotopic (exact) mass is 262 g/mol. The average Bonchev–Trinajstić information content (AvgIpc) is 2.94. The van der Waals surface area contributed by atoms with E-state index in [0.29, 0.717) is 6.61 Å². The SMILES string of the molecule is CCOc1ccc(C(C)NC(=O)C2CCCN2)cc1. The molecule has 2 atom stereocenters. The summed E-state index contributed by atoms with van der Waals surface area (Å²) in [6.45, 7) is 5.57. The van der Waals surface area contributed by atoms with Gasteiger partial charge in [-0.05, 0) is 50.9 Å². The lowest BCUT2D eigenvalue weighted by Gasteiger charge is -2.18. The highest BCUT2D eigenvalue weighted by atomic mass is 16.5. The molecule has 1 aromatic carbocycles. The smallest absolute Gasteiger partial charge is 0.237 e. The number of nitrogens with one attached hydrogen (secondary N) is 2. The van der Waals surface area contributed by atoms with Gasteiger partial charge in [0.05, 0.1) is 18.7 Å². The second kappa shape index (κ2) is 6.57. The highest BCUT2D eigenvalue weighted by Gasteiger charge is 2.23. The number of carbonyl (C=O) groups excluding carboxylic acids is 1. The lowest BCUT2D eigenvalue weighted by Crippen LogP contribution is -2.41. The van der Waals surface area contributed by atoms with E-state index >= 15 is 0 Å². The van der Waals surface area contributed by atoms with Crippen LogP contribution in [0.2, 0.25) is 0 Å². The minimum atomic E-state index is -0.0230. The molecule has 19 heavy (non-hydrogen) atoms. The summed E-state index contributed by atoms with van der Waals surface area (Å²) in [6, 6.07) is 7.87.